The van der Waals surface area contributed by atoms with Crippen LogP contribution in [-0.2, 0) is 9.59 Å². The molecule has 0 aromatic heterocycles. The number of carbonyl (C=O) groups excluding carboxylic acids is 2. The smallest absolute Gasteiger partial charge is 0.300 e. The highest BCUT2D eigenvalue weighted by Gasteiger charge is 2.47. The number of ether oxygens (including phenoxy) is 3. The van der Waals surface area contributed by atoms with Gasteiger partial charge >= 0.3 is 0 Å². The number of phenolic OH excluding ortho intramolecular Hbond substituents is 1. The number of hydrogen-bond acceptors (Lipinski definition) is 7. The second-order valence-corrected chi connectivity index (χ2v) is 9.34. The minimum atomic E-state index is -0.985. The maximum Gasteiger partial charge on any atom is 0.300 e. The van der Waals surface area contributed by atoms with Crippen LogP contribution in [0.25, 0.3) is 5.76 Å². The van der Waals surface area contributed by atoms with Crippen LogP contribution in [0.4, 0.5) is 5.69 Å². The Labute approximate surface area is 234 Å². The lowest BCUT2D eigenvalue weighted by atomic mass is 9.94. The molecular formula is C32H35NO7. The molecule has 1 heterocycles. The number of unbranched alkanes of at least 4 members (excludes halogenated alkanes) is 2. The van der Waals surface area contributed by atoms with Crippen molar-refractivity contribution >= 4 is 23.1 Å². The number of carbonyl (C=O) groups is 2. The Bertz CT molecular complexity index is 1380. The topological polar surface area (TPSA) is 106 Å². The third-order valence-corrected chi connectivity index (χ3v) is 6.60. The first-order valence-electron chi connectivity index (χ1n) is 13.6. The minimum absolute atomic E-state index is 0.0726. The molecule has 8 heteroatoms. The van der Waals surface area contributed by atoms with Gasteiger partial charge in [-0.15, -0.1) is 0 Å². The number of aliphatic hydroxyl groups is 1. The van der Waals surface area contributed by atoms with Gasteiger partial charge in [0.25, 0.3) is 11.7 Å². The maximum atomic E-state index is 13.5. The molecule has 1 aliphatic heterocycles. The molecule has 210 valence electrons. The van der Waals surface area contributed by atoms with Gasteiger partial charge in [-0.2, -0.15) is 0 Å². The fourth-order valence-corrected chi connectivity index (χ4v) is 4.68. The molecule has 1 fully saturated rings. The largest absolute Gasteiger partial charge is 0.507 e. The normalized spacial score (nSPS) is 16.3. The van der Waals surface area contributed by atoms with Crippen molar-refractivity contribution in [1.82, 2.24) is 0 Å². The molecule has 0 bridgehead atoms. The molecule has 0 saturated carbocycles. The minimum Gasteiger partial charge on any atom is -0.507 e. The summed E-state index contributed by atoms with van der Waals surface area (Å²) in [5, 5.41) is 21.7. The van der Waals surface area contributed by atoms with Crippen LogP contribution in [0.3, 0.4) is 0 Å². The van der Waals surface area contributed by atoms with Gasteiger partial charge in [-0.3, -0.25) is 14.5 Å². The van der Waals surface area contributed by atoms with Gasteiger partial charge in [-0.25, -0.2) is 0 Å². The zero-order valence-electron chi connectivity index (χ0n) is 23.1. The predicted molar refractivity (Wildman–Crippen MR) is 153 cm³/mol. The summed E-state index contributed by atoms with van der Waals surface area (Å²) >= 11 is 0. The highest BCUT2D eigenvalue weighted by Crippen LogP contribution is 2.44. The highest BCUT2D eigenvalue weighted by molar-refractivity contribution is 6.51. The van der Waals surface area contributed by atoms with Crippen molar-refractivity contribution in [3.63, 3.8) is 0 Å². The number of aliphatic hydroxyl groups excluding tert-OH is 1. The van der Waals surface area contributed by atoms with Gasteiger partial charge in [0.15, 0.2) is 11.5 Å². The Morgan fingerprint density at radius 3 is 2.30 bits per heavy atom. The quantitative estimate of drug-likeness (QED) is 0.118. The molecule has 0 spiro atoms. The number of hydrogen-bond donors (Lipinski definition) is 2. The predicted octanol–water partition coefficient (Wildman–Crippen LogP) is 6.38. The van der Waals surface area contributed by atoms with Gasteiger partial charge in [0, 0.05) is 17.3 Å². The summed E-state index contributed by atoms with van der Waals surface area (Å²) < 4.78 is 17.0. The first-order valence-corrected chi connectivity index (χ1v) is 13.6. The van der Waals surface area contributed by atoms with Crippen LogP contribution in [0.2, 0.25) is 0 Å². The van der Waals surface area contributed by atoms with Gasteiger partial charge in [-0.05, 0) is 74.4 Å². The van der Waals surface area contributed by atoms with E-state index < -0.39 is 17.7 Å². The van der Waals surface area contributed by atoms with Gasteiger partial charge in [0.1, 0.15) is 17.3 Å². The number of amides is 1. The van der Waals surface area contributed by atoms with Crippen molar-refractivity contribution in [2.75, 3.05) is 24.7 Å². The molecule has 40 heavy (non-hydrogen) atoms. The first kappa shape index (κ1) is 28.5. The van der Waals surface area contributed by atoms with Gasteiger partial charge in [0.2, 0.25) is 0 Å². The maximum absolute atomic E-state index is 13.5. The molecule has 3 aromatic carbocycles. The molecule has 8 nitrogen and oxygen atoms in total. The van der Waals surface area contributed by atoms with E-state index in [9.17, 15) is 19.8 Å². The van der Waals surface area contributed by atoms with Crippen LogP contribution >= 0.6 is 0 Å². The van der Waals surface area contributed by atoms with E-state index in [1.165, 1.54) is 11.0 Å². The molecule has 3 aromatic rings. The van der Waals surface area contributed by atoms with Crippen LogP contribution in [0.1, 0.15) is 57.2 Å². The molecule has 4 rings (SSSR count). The second-order valence-electron chi connectivity index (χ2n) is 9.34. The zero-order valence-corrected chi connectivity index (χ0v) is 23.1. The van der Waals surface area contributed by atoms with E-state index in [2.05, 4.69) is 6.92 Å². The Morgan fingerprint density at radius 2 is 1.60 bits per heavy atom. The molecule has 0 radical (unpaired) electrons. The fourth-order valence-electron chi connectivity index (χ4n) is 4.68. The molecule has 0 aliphatic carbocycles. The number of aromatic hydroxyl groups is 1. The van der Waals surface area contributed by atoms with Crippen molar-refractivity contribution in [3.8, 4) is 23.0 Å². The lowest BCUT2D eigenvalue weighted by Gasteiger charge is -2.26. The summed E-state index contributed by atoms with van der Waals surface area (Å²) in [5.41, 5.74) is 1.21. The Morgan fingerprint density at radius 1 is 0.850 bits per heavy atom. The Hall–Kier alpha value is -4.46. The van der Waals surface area contributed by atoms with Crippen LogP contribution in [0.5, 0.6) is 23.0 Å². The summed E-state index contributed by atoms with van der Waals surface area (Å²) in [7, 11) is 0. The van der Waals surface area contributed by atoms with Crippen LogP contribution < -0.4 is 19.1 Å². The number of ketones is 1. The Kier molecular flexibility index (Phi) is 9.32. The summed E-state index contributed by atoms with van der Waals surface area (Å²) in [6, 6.07) is 17.3. The first-order chi connectivity index (χ1) is 19.4. The average Bonchev–Trinajstić information content (AvgIpc) is 3.22. The lowest BCUT2D eigenvalue weighted by molar-refractivity contribution is -0.132. The van der Waals surface area contributed by atoms with E-state index in [0.29, 0.717) is 48.1 Å². The van der Waals surface area contributed by atoms with E-state index in [0.717, 1.165) is 19.3 Å². The van der Waals surface area contributed by atoms with Crippen LogP contribution in [0, 0.1) is 0 Å². The van der Waals surface area contributed by atoms with Crippen molar-refractivity contribution < 1.29 is 34.0 Å². The average molecular weight is 546 g/mol. The molecule has 1 unspecified atom stereocenters. The summed E-state index contributed by atoms with van der Waals surface area (Å²) in [6.45, 7) is 7.09. The standard InChI is InChI=1S/C32H35NO7/c1-4-7-8-18-40-24-15-12-21(13-16-24)30(35)28-29(22-14-17-26(34)27(19-22)39-6-3)33(32(37)31(28)36)23-10-9-11-25(20-23)38-5-2/h9-17,19-20,29,34-35H,4-8,18H2,1-3H3/b30-28-. The van der Waals surface area contributed by atoms with Gasteiger partial charge in [0.05, 0.1) is 31.4 Å². The summed E-state index contributed by atoms with van der Waals surface area (Å²) in [6.07, 6.45) is 3.12. The number of benzene rings is 3. The number of Topliss-reactive ketones (excluding diaryl/α,β-unsaturated/α-hetero) is 1. The Balaban J connectivity index is 1.81. The van der Waals surface area contributed by atoms with E-state index in [4.69, 9.17) is 14.2 Å². The van der Waals surface area contributed by atoms with E-state index in [-0.39, 0.29) is 22.8 Å². The lowest BCUT2D eigenvalue weighted by Crippen LogP contribution is -2.29. The van der Waals surface area contributed by atoms with Crippen molar-refractivity contribution in [1.29, 1.82) is 0 Å². The number of phenols is 1. The van der Waals surface area contributed by atoms with Crippen molar-refractivity contribution in [2.24, 2.45) is 0 Å². The van der Waals surface area contributed by atoms with E-state index in [1.54, 1.807) is 67.6 Å². The highest BCUT2D eigenvalue weighted by atomic mass is 16.5. The molecule has 1 atom stereocenters. The zero-order chi connectivity index (χ0) is 28.6. The third-order valence-electron chi connectivity index (χ3n) is 6.60. The molecule has 1 amide bonds. The number of anilines is 1. The molecular weight excluding hydrogens is 510 g/mol. The summed E-state index contributed by atoms with van der Waals surface area (Å²) in [5.74, 6) is -0.602. The van der Waals surface area contributed by atoms with E-state index in [1.807, 2.05) is 6.92 Å². The number of rotatable bonds is 12. The van der Waals surface area contributed by atoms with Crippen LogP contribution in [0.15, 0.2) is 72.3 Å². The van der Waals surface area contributed by atoms with E-state index >= 15 is 0 Å². The van der Waals surface area contributed by atoms with Crippen molar-refractivity contribution in [3.05, 3.63) is 83.4 Å². The second kappa shape index (κ2) is 13.1. The fraction of sp³-hybridized carbons (Fsp3) is 0.312. The molecule has 1 saturated heterocycles. The van der Waals surface area contributed by atoms with Gasteiger partial charge < -0.3 is 24.4 Å². The third kappa shape index (κ3) is 6.06. The monoisotopic (exact) mass is 545 g/mol. The van der Waals surface area contributed by atoms with Crippen LogP contribution in [-0.4, -0.2) is 41.7 Å². The number of nitrogens with zero attached hydrogens (tertiary/aromatic N) is 1. The SMILES string of the molecule is CCCCCOc1ccc(/C(O)=C2/C(=O)C(=O)N(c3cccc(OCC)c3)C2c2ccc(O)c(OCC)c2)cc1. The summed E-state index contributed by atoms with van der Waals surface area (Å²) in [4.78, 5) is 28.3. The van der Waals surface area contributed by atoms with Gasteiger partial charge in [-0.1, -0.05) is 31.9 Å². The molecule has 1 aliphatic rings. The van der Waals surface area contributed by atoms with Crippen molar-refractivity contribution in [2.45, 2.75) is 46.1 Å². The molecule has 2 N–H and O–H groups in total.